The maximum atomic E-state index is 4.17. The predicted octanol–water partition coefficient (Wildman–Crippen LogP) is 5.11. The third-order valence-corrected chi connectivity index (χ3v) is 3.61. The first-order valence-corrected chi connectivity index (χ1v) is 7.63. The highest BCUT2D eigenvalue weighted by Gasteiger charge is 2.11. The van der Waals surface area contributed by atoms with Crippen LogP contribution in [0.2, 0.25) is 0 Å². The van der Waals surface area contributed by atoms with Gasteiger partial charge in [0.25, 0.3) is 0 Å². The van der Waals surface area contributed by atoms with Crippen molar-refractivity contribution in [1.29, 1.82) is 0 Å². The van der Waals surface area contributed by atoms with Gasteiger partial charge in [-0.1, -0.05) is 58.8 Å². The van der Waals surface area contributed by atoms with Crippen molar-refractivity contribution in [2.24, 2.45) is 0 Å². The van der Waals surface area contributed by atoms with E-state index in [1.807, 2.05) is 12.4 Å². The molecule has 0 N–H and O–H groups in total. The minimum absolute atomic E-state index is 0.676. The molecule has 0 aliphatic carbocycles. The van der Waals surface area contributed by atoms with Crippen LogP contribution in [0.15, 0.2) is 18.7 Å². The van der Waals surface area contributed by atoms with Crippen LogP contribution in [0.1, 0.15) is 83.1 Å². The number of hydrogen-bond acceptors (Lipinski definition) is 2. The Labute approximate surface area is 112 Å². The van der Waals surface area contributed by atoms with E-state index in [0.29, 0.717) is 5.92 Å². The molecule has 1 atom stereocenters. The van der Waals surface area contributed by atoms with Gasteiger partial charge in [-0.05, 0) is 24.3 Å². The van der Waals surface area contributed by atoms with Gasteiger partial charge >= 0.3 is 0 Å². The highest BCUT2D eigenvalue weighted by Crippen LogP contribution is 2.27. The molecule has 1 heterocycles. The van der Waals surface area contributed by atoms with Crippen molar-refractivity contribution < 1.29 is 0 Å². The van der Waals surface area contributed by atoms with Crippen molar-refractivity contribution in [3.05, 3.63) is 24.3 Å². The quantitative estimate of drug-likeness (QED) is 0.538. The van der Waals surface area contributed by atoms with Crippen molar-refractivity contribution in [3.63, 3.8) is 0 Å². The molecule has 0 bridgehead atoms. The van der Waals surface area contributed by atoms with Crippen LogP contribution in [-0.4, -0.2) is 9.97 Å². The van der Waals surface area contributed by atoms with E-state index in [9.17, 15) is 0 Å². The highest BCUT2D eigenvalue weighted by molar-refractivity contribution is 5.09. The molecule has 2 heteroatoms. The Morgan fingerprint density at radius 3 is 2.00 bits per heavy atom. The molecule has 0 amide bonds. The van der Waals surface area contributed by atoms with Gasteiger partial charge in [0.2, 0.25) is 0 Å². The molecule has 0 saturated carbocycles. The SMILES string of the molecule is CCCCCCC(CCCCC)c1cncnc1. The third-order valence-electron chi connectivity index (χ3n) is 3.61. The first kappa shape index (κ1) is 15.1. The molecule has 1 rings (SSSR count). The Kier molecular flexibility index (Phi) is 8.45. The second-order valence-electron chi connectivity index (χ2n) is 5.21. The maximum absolute atomic E-state index is 4.17. The summed E-state index contributed by atoms with van der Waals surface area (Å²) in [6, 6.07) is 0. The summed E-state index contributed by atoms with van der Waals surface area (Å²) in [4.78, 5) is 8.33. The zero-order valence-corrected chi connectivity index (χ0v) is 12.1. The summed E-state index contributed by atoms with van der Waals surface area (Å²) in [6.07, 6.45) is 17.6. The molecule has 1 aromatic heterocycles. The number of unbranched alkanes of at least 4 members (excludes halogenated alkanes) is 5. The summed E-state index contributed by atoms with van der Waals surface area (Å²) in [7, 11) is 0. The van der Waals surface area contributed by atoms with Crippen LogP contribution in [0.4, 0.5) is 0 Å². The van der Waals surface area contributed by atoms with Gasteiger partial charge in [-0.2, -0.15) is 0 Å². The molecule has 0 aliphatic rings. The molecule has 1 unspecified atom stereocenters. The Balaban J connectivity index is 2.42. The third kappa shape index (κ3) is 6.13. The molecule has 0 saturated heterocycles. The molecule has 0 spiro atoms. The van der Waals surface area contributed by atoms with E-state index in [0.717, 1.165) is 0 Å². The Morgan fingerprint density at radius 2 is 1.39 bits per heavy atom. The van der Waals surface area contributed by atoms with Gasteiger partial charge in [0.15, 0.2) is 0 Å². The molecular formula is C16H28N2. The average molecular weight is 248 g/mol. The van der Waals surface area contributed by atoms with Crippen molar-refractivity contribution in [1.82, 2.24) is 9.97 Å². The largest absolute Gasteiger partial charge is 0.245 e. The standard InChI is InChI=1S/C16H28N2/c1-3-5-7-9-11-15(10-8-6-4-2)16-12-17-14-18-13-16/h12-15H,3-11H2,1-2H3. The first-order chi connectivity index (χ1) is 8.88. The molecule has 2 nitrogen and oxygen atoms in total. The number of rotatable bonds is 10. The normalized spacial score (nSPS) is 12.6. The molecule has 0 aliphatic heterocycles. The van der Waals surface area contributed by atoms with E-state index in [2.05, 4.69) is 23.8 Å². The summed E-state index contributed by atoms with van der Waals surface area (Å²) >= 11 is 0. The highest BCUT2D eigenvalue weighted by atomic mass is 14.8. The Hall–Kier alpha value is -0.920. The van der Waals surface area contributed by atoms with Gasteiger partial charge in [0, 0.05) is 12.4 Å². The zero-order chi connectivity index (χ0) is 13.1. The lowest BCUT2D eigenvalue weighted by Crippen LogP contribution is -2.01. The molecule has 18 heavy (non-hydrogen) atoms. The van der Waals surface area contributed by atoms with Gasteiger partial charge in [-0.25, -0.2) is 9.97 Å². The van der Waals surface area contributed by atoms with E-state index in [1.165, 1.54) is 63.4 Å². The summed E-state index contributed by atoms with van der Waals surface area (Å²) in [5.41, 5.74) is 1.34. The van der Waals surface area contributed by atoms with Crippen molar-refractivity contribution in [2.75, 3.05) is 0 Å². The lowest BCUT2D eigenvalue weighted by Gasteiger charge is -2.16. The second-order valence-corrected chi connectivity index (χ2v) is 5.21. The van der Waals surface area contributed by atoms with Crippen LogP contribution in [0.5, 0.6) is 0 Å². The fourth-order valence-corrected chi connectivity index (χ4v) is 2.46. The van der Waals surface area contributed by atoms with Crippen LogP contribution >= 0.6 is 0 Å². The predicted molar refractivity (Wildman–Crippen MR) is 77.7 cm³/mol. The molecule has 0 radical (unpaired) electrons. The van der Waals surface area contributed by atoms with Crippen LogP contribution < -0.4 is 0 Å². The Morgan fingerprint density at radius 1 is 0.833 bits per heavy atom. The second kappa shape index (κ2) is 10.0. The summed E-state index contributed by atoms with van der Waals surface area (Å²) in [5, 5.41) is 0. The van der Waals surface area contributed by atoms with Crippen molar-refractivity contribution in [2.45, 2.75) is 77.6 Å². The lowest BCUT2D eigenvalue weighted by molar-refractivity contribution is 0.499. The van der Waals surface area contributed by atoms with Gasteiger partial charge in [0.1, 0.15) is 6.33 Å². The van der Waals surface area contributed by atoms with Crippen LogP contribution in [-0.2, 0) is 0 Å². The minimum atomic E-state index is 0.676. The van der Waals surface area contributed by atoms with E-state index < -0.39 is 0 Å². The number of nitrogens with zero attached hydrogens (tertiary/aromatic N) is 2. The smallest absolute Gasteiger partial charge is 0.115 e. The van der Waals surface area contributed by atoms with E-state index in [4.69, 9.17) is 0 Å². The van der Waals surface area contributed by atoms with Gasteiger partial charge < -0.3 is 0 Å². The van der Waals surface area contributed by atoms with Crippen molar-refractivity contribution >= 4 is 0 Å². The maximum Gasteiger partial charge on any atom is 0.115 e. The fraction of sp³-hybridized carbons (Fsp3) is 0.750. The van der Waals surface area contributed by atoms with E-state index in [1.54, 1.807) is 6.33 Å². The average Bonchev–Trinajstić information content (AvgIpc) is 2.42. The molecule has 102 valence electrons. The summed E-state index contributed by atoms with van der Waals surface area (Å²) < 4.78 is 0. The topological polar surface area (TPSA) is 25.8 Å². The zero-order valence-electron chi connectivity index (χ0n) is 12.1. The number of hydrogen-bond donors (Lipinski definition) is 0. The van der Waals surface area contributed by atoms with E-state index in [-0.39, 0.29) is 0 Å². The van der Waals surface area contributed by atoms with Crippen LogP contribution in [0, 0.1) is 0 Å². The van der Waals surface area contributed by atoms with Gasteiger partial charge in [-0.15, -0.1) is 0 Å². The van der Waals surface area contributed by atoms with Gasteiger partial charge in [-0.3, -0.25) is 0 Å². The fourth-order valence-electron chi connectivity index (χ4n) is 2.46. The lowest BCUT2D eigenvalue weighted by atomic mass is 9.90. The summed E-state index contributed by atoms with van der Waals surface area (Å²) in [5.74, 6) is 0.676. The molecule has 1 aromatic rings. The number of aromatic nitrogens is 2. The van der Waals surface area contributed by atoms with E-state index >= 15 is 0 Å². The molecule has 0 aromatic carbocycles. The summed E-state index contributed by atoms with van der Waals surface area (Å²) in [6.45, 7) is 4.53. The molecule has 0 fully saturated rings. The Bertz CT molecular complexity index is 284. The van der Waals surface area contributed by atoms with Crippen LogP contribution in [0.3, 0.4) is 0 Å². The first-order valence-electron chi connectivity index (χ1n) is 7.63. The monoisotopic (exact) mass is 248 g/mol. The minimum Gasteiger partial charge on any atom is -0.245 e. The van der Waals surface area contributed by atoms with Crippen LogP contribution in [0.25, 0.3) is 0 Å². The van der Waals surface area contributed by atoms with Crippen molar-refractivity contribution in [3.8, 4) is 0 Å². The van der Waals surface area contributed by atoms with Gasteiger partial charge in [0.05, 0.1) is 0 Å². The molecular weight excluding hydrogens is 220 g/mol.